The Bertz CT molecular complexity index is 1480. The van der Waals surface area contributed by atoms with Crippen molar-refractivity contribution in [2.24, 2.45) is 0 Å². The van der Waals surface area contributed by atoms with Gasteiger partial charge in [0.15, 0.2) is 0 Å². The van der Waals surface area contributed by atoms with Gasteiger partial charge in [0.25, 0.3) is 5.91 Å². The zero-order valence-corrected chi connectivity index (χ0v) is 18.5. The summed E-state index contributed by atoms with van der Waals surface area (Å²) in [4.78, 5) is 25.0. The maximum absolute atomic E-state index is 13.0. The molecule has 0 spiro atoms. The fourth-order valence-corrected chi connectivity index (χ4v) is 3.69. The molecule has 1 aromatic carbocycles. The summed E-state index contributed by atoms with van der Waals surface area (Å²) in [6, 6.07) is 12.8. The van der Waals surface area contributed by atoms with Crippen molar-refractivity contribution < 1.29 is 18.0 Å². The predicted octanol–water partition coefficient (Wildman–Crippen LogP) is 4.33. The number of amides is 1. The molecule has 7 nitrogen and oxygen atoms in total. The molecule has 3 aromatic heterocycles. The van der Waals surface area contributed by atoms with E-state index in [9.17, 15) is 23.2 Å². The fourth-order valence-electron chi connectivity index (χ4n) is 3.69. The first-order chi connectivity index (χ1) is 16.6. The third-order valence-corrected chi connectivity index (χ3v) is 5.43. The summed E-state index contributed by atoms with van der Waals surface area (Å²) in [7, 11) is 0. The molecule has 4 aromatic rings. The average Bonchev–Trinajstić information content (AvgIpc) is 2.82. The third kappa shape index (κ3) is 5.35. The van der Waals surface area contributed by atoms with Gasteiger partial charge in [-0.15, -0.1) is 0 Å². The number of benzene rings is 1. The molecule has 0 aliphatic heterocycles. The van der Waals surface area contributed by atoms with E-state index in [4.69, 9.17) is 5.73 Å². The molecule has 176 valence electrons. The summed E-state index contributed by atoms with van der Waals surface area (Å²) in [6.45, 7) is 1.80. The van der Waals surface area contributed by atoms with E-state index in [2.05, 4.69) is 26.3 Å². The van der Waals surface area contributed by atoms with Gasteiger partial charge in [-0.2, -0.15) is 18.4 Å². The minimum atomic E-state index is -4.48. The van der Waals surface area contributed by atoms with Crippen molar-refractivity contribution in [2.75, 3.05) is 5.73 Å². The van der Waals surface area contributed by atoms with Gasteiger partial charge in [-0.25, -0.2) is 4.98 Å². The Kier molecular flexibility index (Phi) is 6.34. The number of nitriles is 1. The van der Waals surface area contributed by atoms with Gasteiger partial charge in [0, 0.05) is 53.3 Å². The van der Waals surface area contributed by atoms with Crippen LogP contribution in [0.2, 0.25) is 0 Å². The SMILES string of the molecule is Cc1nc(N)cc(C#N)c1CNC(=O)c1ccnc(Cc2ccc3ncc(C(F)(F)F)cc3c2)c1. The number of pyridine rings is 3. The molecule has 0 saturated heterocycles. The Labute approximate surface area is 198 Å². The van der Waals surface area contributed by atoms with Crippen LogP contribution >= 0.6 is 0 Å². The van der Waals surface area contributed by atoms with E-state index in [1.54, 1.807) is 37.3 Å². The zero-order chi connectivity index (χ0) is 25.2. The second-order valence-electron chi connectivity index (χ2n) is 7.91. The first-order valence-electron chi connectivity index (χ1n) is 10.5. The number of rotatable bonds is 5. The number of carbonyl (C=O) groups is 1. The molecule has 0 atom stereocenters. The molecule has 4 rings (SSSR count). The van der Waals surface area contributed by atoms with E-state index >= 15 is 0 Å². The molecule has 35 heavy (non-hydrogen) atoms. The number of anilines is 1. The Morgan fingerprint density at radius 2 is 1.94 bits per heavy atom. The Morgan fingerprint density at radius 3 is 2.69 bits per heavy atom. The highest BCUT2D eigenvalue weighted by Gasteiger charge is 2.31. The lowest BCUT2D eigenvalue weighted by Crippen LogP contribution is -2.24. The van der Waals surface area contributed by atoms with Crippen molar-refractivity contribution in [3.05, 3.63) is 94.1 Å². The highest BCUT2D eigenvalue weighted by Crippen LogP contribution is 2.30. The van der Waals surface area contributed by atoms with Crippen LogP contribution in [0.3, 0.4) is 0 Å². The summed E-state index contributed by atoms with van der Waals surface area (Å²) < 4.78 is 39.1. The van der Waals surface area contributed by atoms with Gasteiger partial charge in [0.1, 0.15) is 5.82 Å². The standard InChI is InChI=1S/C25H19F3N6O/c1-14-21(18(11-29)10-23(30)34-14)13-33-24(35)16-4-5-31-20(9-16)7-15-2-3-22-17(6-15)8-19(12-32-22)25(26,27)28/h2-6,8-10,12H,7,13H2,1H3,(H2,30,34)(H,33,35). The number of aromatic nitrogens is 3. The first kappa shape index (κ1) is 23.6. The zero-order valence-electron chi connectivity index (χ0n) is 18.5. The Morgan fingerprint density at radius 1 is 1.14 bits per heavy atom. The molecule has 1 amide bonds. The van der Waals surface area contributed by atoms with E-state index in [0.717, 1.165) is 17.8 Å². The van der Waals surface area contributed by atoms with Crippen molar-refractivity contribution in [1.29, 1.82) is 5.26 Å². The number of halogens is 3. The van der Waals surface area contributed by atoms with Crippen LogP contribution in [0, 0.1) is 18.3 Å². The lowest BCUT2D eigenvalue weighted by molar-refractivity contribution is -0.137. The number of nitrogens with one attached hydrogen (secondary N) is 1. The molecule has 10 heteroatoms. The molecule has 3 N–H and O–H groups in total. The van der Waals surface area contributed by atoms with Crippen molar-refractivity contribution >= 4 is 22.6 Å². The maximum atomic E-state index is 13.0. The molecule has 0 unspecified atom stereocenters. The Balaban J connectivity index is 1.51. The summed E-state index contributed by atoms with van der Waals surface area (Å²) in [5.74, 6) is -0.140. The molecular formula is C25H19F3N6O. The minimum absolute atomic E-state index is 0.0949. The number of hydrogen-bond acceptors (Lipinski definition) is 6. The molecule has 0 radical (unpaired) electrons. The van der Waals surface area contributed by atoms with Crippen LogP contribution in [0.4, 0.5) is 19.0 Å². The highest BCUT2D eigenvalue weighted by atomic mass is 19.4. The average molecular weight is 476 g/mol. The van der Waals surface area contributed by atoms with Crippen LogP contribution in [0.25, 0.3) is 10.9 Å². The highest BCUT2D eigenvalue weighted by molar-refractivity contribution is 5.94. The van der Waals surface area contributed by atoms with Gasteiger partial charge in [-0.1, -0.05) is 6.07 Å². The van der Waals surface area contributed by atoms with Gasteiger partial charge >= 0.3 is 6.18 Å². The second kappa shape index (κ2) is 9.38. The number of nitrogens with two attached hydrogens (primary N) is 1. The van der Waals surface area contributed by atoms with Crippen molar-refractivity contribution in [1.82, 2.24) is 20.3 Å². The summed E-state index contributed by atoms with van der Waals surface area (Å²) in [5.41, 5.74) is 8.44. The number of nitrogen functional groups attached to an aromatic ring is 1. The van der Waals surface area contributed by atoms with Crippen molar-refractivity contribution in [3.63, 3.8) is 0 Å². The molecule has 0 fully saturated rings. The van der Waals surface area contributed by atoms with Gasteiger partial charge in [0.2, 0.25) is 0 Å². The summed E-state index contributed by atoms with van der Waals surface area (Å²) >= 11 is 0. The number of nitrogens with zero attached hydrogens (tertiary/aromatic N) is 4. The quantitative estimate of drug-likeness (QED) is 0.443. The van der Waals surface area contributed by atoms with E-state index in [1.807, 2.05) is 0 Å². The normalized spacial score (nSPS) is 11.3. The van der Waals surface area contributed by atoms with E-state index < -0.39 is 11.7 Å². The molecule has 0 bridgehead atoms. The van der Waals surface area contributed by atoms with Crippen LogP contribution < -0.4 is 11.1 Å². The third-order valence-electron chi connectivity index (χ3n) is 5.43. The van der Waals surface area contributed by atoms with Gasteiger partial charge < -0.3 is 11.1 Å². The van der Waals surface area contributed by atoms with Crippen LogP contribution in [-0.4, -0.2) is 20.9 Å². The minimum Gasteiger partial charge on any atom is -0.384 e. The molecular weight excluding hydrogens is 457 g/mol. The summed E-state index contributed by atoms with van der Waals surface area (Å²) in [5, 5.41) is 12.5. The van der Waals surface area contributed by atoms with E-state index in [0.29, 0.717) is 45.4 Å². The number of carbonyl (C=O) groups excluding carboxylic acids is 1. The van der Waals surface area contributed by atoms with Gasteiger partial charge in [-0.3, -0.25) is 14.8 Å². The largest absolute Gasteiger partial charge is 0.417 e. The molecule has 0 saturated carbocycles. The summed E-state index contributed by atoms with van der Waals surface area (Å²) in [6.07, 6.45) is -1.86. The van der Waals surface area contributed by atoms with Gasteiger partial charge in [0.05, 0.1) is 22.7 Å². The van der Waals surface area contributed by atoms with E-state index in [-0.39, 0.29) is 18.3 Å². The molecule has 0 aliphatic rings. The van der Waals surface area contributed by atoms with Crippen LogP contribution in [0.1, 0.15) is 44.0 Å². The van der Waals surface area contributed by atoms with Crippen molar-refractivity contribution in [2.45, 2.75) is 26.1 Å². The Hall–Kier alpha value is -4.52. The maximum Gasteiger partial charge on any atom is 0.417 e. The van der Waals surface area contributed by atoms with Gasteiger partial charge in [-0.05, 0) is 48.9 Å². The number of alkyl halides is 3. The van der Waals surface area contributed by atoms with E-state index in [1.165, 1.54) is 12.3 Å². The topological polar surface area (TPSA) is 118 Å². The van der Waals surface area contributed by atoms with Crippen LogP contribution in [0.15, 0.2) is 54.9 Å². The van der Waals surface area contributed by atoms with Crippen molar-refractivity contribution in [3.8, 4) is 6.07 Å². The number of hydrogen-bond donors (Lipinski definition) is 2. The first-order valence-corrected chi connectivity index (χ1v) is 10.5. The molecule has 3 heterocycles. The lowest BCUT2D eigenvalue weighted by atomic mass is 10.0. The van der Waals surface area contributed by atoms with Crippen LogP contribution in [0.5, 0.6) is 0 Å². The lowest BCUT2D eigenvalue weighted by Gasteiger charge is -2.11. The second-order valence-corrected chi connectivity index (χ2v) is 7.91. The number of fused-ring (bicyclic) bond motifs is 1. The monoisotopic (exact) mass is 476 g/mol. The number of aryl methyl sites for hydroxylation is 1. The predicted molar refractivity (Wildman–Crippen MR) is 123 cm³/mol. The fraction of sp³-hybridized carbons (Fsp3) is 0.160. The van der Waals surface area contributed by atoms with Crippen LogP contribution in [-0.2, 0) is 19.1 Å². The smallest absolute Gasteiger partial charge is 0.384 e. The molecule has 0 aliphatic carbocycles.